The predicted octanol–water partition coefficient (Wildman–Crippen LogP) is 1.94. The third-order valence-electron chi connectivity index (χ3n) is 1.73. The van der Waals surface area contributed by atoms with Crippen LogP contribution in [-0.4, -0.2) is 16.3 Å². The molecular formula is C8H5N3O4S. The molecule has 0 saturated heterocycles. The molecule has 0 spiro atoms. The van der Waals surface area contributed by atoms with Crippen LogP contribution in [0.5, 0.6) is 0 Å². The van der Waals surface area contributed by atoms with Gasteiger partial charge in [-0.1, -0.05) is 0 Å². The fraction of sp³-hybridized carbons (Fsp3) is 0. The lowest BCUT2D eigenvalue weighted by atomic mass is 10.5. The Morgan fingerprint density at radius 2 is 2.38 bits per heavy atom. The summed E-state index contributed by atoms with van der Waals surface area (Å²) < 4.78 is 4.88. The Bertz CT molecular complexity index is 507. The molecule has 0 atom stereocenters. The lowest BCUT2D eigenvalue weighted by Crippen LogP contribution is -2.12. The fourth-order valence-electron chi connectivity index (χ4n) is 1.07. The van der Waals surface area contributed by atoms with Crippen molar-refractivity contribution in [2.45, 2.75) is 0 Å². The molecule has 2 heterocycles. The summed E-state index contributed by atoms with van der Waals surface area (Å²) in [6.07, 6.45) is 2.01. The average Bonchev–Trinajstić information content (AvgIpc) is 2.88. The van der Waals surface area contributed by atoms with E-state index in [1.54, 1.807) is 5.38 Å². The number of furan rings is 1. The van der Waals surface area contributed by atoms with Gasteiger partial charge in [-0.15, -0.1) is 11.3 Å². The van der Waals surface area contributed by atoms with E-state index in [0.717, 1.165) is 4.90 Å². The van der Waals surface area contributed by atoms with E-state index >= 15 is 0 Å². The number of hydrogen-bond donors (Lipinski definition) is 0. The van der Waals surface area contributed by atoms with Crippen molar-refractivity contribution in [3.8, 4) is 0 Å². The third-order valence-corrected chi connectivity index (χ3v) is 2.50. The van der Waals surface area contributed by atoms with Crippen molar-refractivity contribution < 1.29 is 14.1 Å². The Labute approximate surface area is 93.1 Å². The molecule has 2 aromatic rings. The van der Waals surface area contributed by atoms with Gasteiger partial charge in [0, 0.05) is 17.6 Å². The summed E-state index contributed by atoms with van der Waals surface area (Å²) in [5.74, 6) is -0.352. The van der Waals surface area contributed by atoms with Gasteiger partial charge >= 0.3 is 5.88 Å². The molecular weight excluding hydrogens is 234 g/mol. The van der Waals surface area contributed by atoms with Crippen LogP contribution in [0.15, 0.2) is 28.1 Å². The van der Waals surface area contributed by atoms with Gasteiger partial charge in [-0.3, -0.25) is 14.9 Å². The first-order chi connectivity index (χ1) is 7.72. The molecule has 0 bridgehead atoms. The zero-order valence-corrected chi connectivity index (χ0v) is 8.59. The Morgan fingerprint density at radius 1 is 1.56 bits per heavy atom. The quantitative estimate of drug-likeness (QED) is 0.462. The van der Waals surface area contributed by atoms with Crippen molar-refractivity contribution in [1.82, 2.24) is 4.98 Å². The number of carbonyl (C=O) groups excluding carboxylic acids is 1. The second kappa shape index (κ2) is 4.11. The summed E-state index contributed by atoms with van der Waals surface area (Å²) in [7, 11) is 0. The van der Waals surface area contributed by atoms with Gasteiger partial charge in [0.25, 0.3) is 0 Å². The van der Waals surface area contributed by atoms with Crippen LogP contribution < -0.4 is 4.90 Å². The highest BCUT2D eigenvalue weighted by Crippen LogP contribution is 2.29. The molecule has 1 amide bonds. The summed E-state index contributed by atoms with van der Waals surface area (Å²) in [5, 5.41) is 12.5. The highest BCUT2D eigenvalue weighted by atomic mass is 32.1. The number of nitrogens with zero attached hydrogens (tertiary/aromatic N) is 3. The maximum Gasteiger partial charge on any atom is 0.434 e. The first-order valence-electron chi connectivity index (χ1n) is 4.10. The second-order valence-corrected chi connectivity index (χ2v) is 3.53. The number of rotatable bonds is 4. The van der Waals surface area contributed by atoms with Gasteiger partial charge in [-0.05, 0) is 0 Å². The van der Waals surface area contributed by atoms with E-state index in [-0.39, 0.29) is 5.88 Å². The molecule has 0 aliphatic heterocycles. The molecule has 0 aliphatic rings. The largest absolute Gasteiger partial charge is 0.434 e. The van der Waals surface area contributed by atoms with Gasteiger partial charge in [0.05, 0.1) is 6.07 Å². The monoisotopic (exact) mass is 239 g/mol. The standard InChI is InChI=1S/C8H5N3O4S/c12-5-10(8-9-3-4-16-8)6-1-2-7(15-6)11(13)14/h1-5H. The predicted molar refractivity (Wildman–Crippen MR) is 55.7 cm³/mol. The van der Waals surface area contributed by atoms with E-state index in [2.05, 4.69) is 4.98 Å². The van der Waals surface area contributed by atoms with Gasteiger partial charge in [0.2, 0.25) is 12.3 Å². The summed E-state index contributed by atoms with van der Waals surface area (Å²) in [6.45, 7) is 0. The highest BCUT2D eigenvalue weighted by Gasteiger charge is 2.19. The van der Waals surface area contributed by atoms with Crippen LogP contribution in [0.2, 0.25) is 0 Å². The number of thiazole rings is 1. The van der Waals surface area contributed by atoms with Crippen molar-refractivity contribution >= 4 is 34.6 Å². The zero-order valence-electron chi connectivity index (χ0n) is 7.77. The SMILES string of the molecule is O=CN(c1ccc([N+](=O)[O-])o1)c1nccs1. The second-order valence-electron chi connectivity index (χ2n) is 2.66. The summed E-state index contributed by atoms with van der Waals surface area (Å²) in [5.41, 5.74) is 0. The molecule has 0 radical (unpaired) electrons. The minimum Gasteiger partial charge on any atom is -0.384 e. The molecule has 82 valence electrons. The van der Waals surface area contributed by atoms with E-state index in [1.165, 1.54) is 29.7 Å². The number of amides is 1. The van der Waals surface area contributed by atoms with Crippen LogP contribution in [0.4, 0.5) is 16.9 Å². The minimum atomic E-state index is -0.672. The highest BCUT2D eigenvalue weighted by molar-refractivity contribution is 7.13. The average molecular weight is 239 g/mol. The molecule has 7 nitrogen and oxygen atoms in total. The Morgan fingerprint density at radius 3 is 2.88 bits per heavy atom. The van der Waals surface area contributed by atoms with Crippen LogP contribution in [-0.2, 0) is 4.79 Å². The molecule has 0 aromatic carbocycles. The topological polar surface area (TPSA) is 89.5 Å². The van der Waals surface area contributed by atoms with Crippen LogP contribution in [0.1, 0.15) is 0 Å². The zero-order chi connectivity index (χ0) is 11.5. The van der Waals surface area contributed by atoms with Crippen LogP contribution in [0.25, 0.3) is 0 Å². The smallest absolute Gasteiger partial charge is 0.384 e. The molecule has 0 aliphatic carbocycles. The fourth-order valence-corrected chi connectivity index (χ4v) is 1.68. The van der Waals surface area contributed by atoms with Crippen LogP contribution in [0, 0.1) is 10.1 Å². The molecule has 8 heteroatoms. The van der Waals surface area contributed by atoms with Gasteiger partial charge in [-0.2, -0.15) is 0 Å². The molecule has 0 saturated carbocycles. The van der Waals surface area contributed by atoms with Gasteiger partial charge in [0.1, 0.15) is 4.92 Å². The van der Waals surface area contributed by atoms with E-state index in [4.69, 9.17) is 4.42 Å². The van der Waals surface area contributed by atoms with Gasteiger partial charge in [-0.25, -0.2) is 9.88 Å². The van der Waals surface area contributed by atoms with E-state index in [1.807, 2.05) is 0 Å². The summed E-state index contributed by atoms with van der Waals surface area (Å²) >= 11 is 1.22. The lowest BCUT2D eigenvalue weighted by Gasteiger charge is -2.08. The number of carbonyl (C=O) groups is 1. The number of nitro groups is 1. The number of anilines is 2. The molecule has 0 unspecified atom stereocenters. The van der Waals surface area contributed by atoms with Crippen LogP contribution in [0.3, 0.4) is 0 Å². The van der Waals surface area contributed by atoms with Crippen molar-refractivity contribution in [3.63, 3.8) is 0 Å². The van der Waals surface area contributed by atoms with Crippen molar-refractivity contribution in [3.05, 3.63) is 33.8 Å². The lowest BCUT2D eigenvalue weighted by molar-refractivity contribution is -0.401. The molecule has 2 rings (SSSR count). The van der Waals surface area contributed by atoms with E-state index in [9.17, 15) is 14.9 Å². The number of aromatic nitrogens is 1. The Balaban J connectivity index is 2.34. The Kier molecular flexibility index (Phi) is 2.64. The summed E-state index contributed by atoms with van der Waals surface area (Å²) in [6, 6.07) is 2.52. The van der Waals surface area contributed by atoms with E-state index in [0.29, 0.717) is 11.5 Å². The van der Waals surface area contributed by atoms with Gasteiger partial charge in [0.15, 0.2) is 5.13 Å². The molecule has 0 fully saturated rings. The molecule has 16 heavy (non-hydrogen) atoms. The number of hydrogen-bond acceptors (Lipinski definition) is 6. The van der Waals surface area contributed by atoms with Crippen molar-refractivity contribution in [2.75, 3.05) is 4.90 Å². The minimum absolute atomic E-state index is 0.0663. The first kappa shape index (κ1) is 10.3. The third kappa shape index (κ3) is 1.77. The Hall–Kier alpha value is -2.22. The molecule has 0 N–H and O–H groups in total. The maximum atomic E-state index is 10.8. The molecule has 2 aromatic heterocycles. The maximum absolute atomic E-state index is 10.8. The van der Waals surface area contributed by atoms with Crippen molar-refractivity contribution in [2.24, 2.45) is 0 Å². The van der Waals surface area contributed by atoms with Crippen LogP contribution >= 0.6 is 11.3 Å². The summed E-state index contributed by atoms with van der Waals surface area (Å²) in [4.78, 5) is 25.6. The normalized spacial score (nSPS) is 10.0. The van der Waals surface area contributed by atoms with Gasteiger partial charge < -0.3 is 4.42 Å². The van der Waals surface area contributed by atoms with Crippen molar-refractivity contribution in [1.29, 1.82) is 0 Å². The first-order valence-corrected chi connectivity index (χ1v) is 4.98. The van der Waals surface area contributed by atoms with E-state index < -0.39 is 10.8 Å².